The van der Waals surface area contributed by atoms with Crippen LogP contribution in [0.25, 0.3) is 0 Å². The molecule has 1 heterocycles. The van der Waals surface area contributed by atoms with Gasteiger partial charge in [-0.1, -0.05) is 61.7 Å². The van der Waals surface area contributed by atoms with Crippen LogP contribution in [-0.4, -0.2) is 23.2 Å². The van der Waals surface area contributed by atoms with Crippen molar-refractivity contribution in [3.63, 3.8) is 0 Å². The number of aromatic nitrogens is 3. The number of sulfone groups is 1. The van der Waals surface area contributed by atoms with Crippen molar-refractivity contribution in [2.24, 2.45) is 0 Å². The molecule has 3 aromatic rings. The first kappa shape index (κ1) is 20.6. The van der Waals surface area contributed by atoms with E-state index in [2.05, 4.69) is 17.1 Å². The molecule has 0 amide bonds. The summed E-state index contributed by atoms with van der Waals surface area (Å²) in [5.41, 5.74) is 1.50. The maximum atomic E-state index is 13.5. The van der Waals surface area contributed by atoms with Crippen LogP contribution in [0, 0.1) is 6.92 Å². The van der Waals surface area contributed by atoms with Crippen molar-refractivity contribution in [3.8, 4) is 0 Å². The Labute approximate surface area is 171 Å². The highest BCUT2D eigenvalue weighted by Gasteiger charge is 2.29. The molecule has 0 fully saturated rings. The van der Waals surface area contributed by atoms with Crippen LogP contribution >= 0.6 is 11.6 Å². The lowest BCUT2D eigenvalue weighted by molar-refractivity contribution is 0.496. The lowest BCUT2D eigenvalue weighted by Crippen LogP contribution is -2.14. The fraction of sp³-hybridized carbons (Fsp3) is 0.333. The molecule has 148 valence electrons. The minimum Gasteiger partial charge on any atom is -0.320 e. The Bertz CT molecular complexity index is 1020. The van der Waals surface area contributed by atoms with Gasteiger partial charge in [-0.3, -0.25) is 0 Å². The molecule has 0 saturated carbocycles. The molecular formula is C21H24ClN3O2S. The highest BCUT2D eigenvalue weighted by molar-refractivity contribution is 7.91. The summed E-state index contributed by atoms with van der Waals surface area (Å²) in [6.45, 7) is 4.56. The van der Waals surface area contributed by atoms with Crippen LogP contribution in [0.15, 0.2) is 64.9 Å². The van der Waals surface area contributed by atoms with Crippen LogP contribution in [0.1, 0.15) is 43.2 Å². The lowest BCUT2D eigenvalue weighted by Gasteiger charge is -2.22. The van der Waals surface area contributed by atoms with E-state index in [-0.39, 0.29) is 15.7 Å². The molecule has 0 N–H and O–H groups in total. The van der Waals surface area contributed by atoms with Gasteiger partial charge in [0.15, 0.2) is 0 Å². The van der Waals surface area contributed by atoms with Crippen LogP contribution in [0.2, 0.25) is 5.02 Å². The summed E-state index contributed by atoms with van der Waals surface area (Å²) in [4.78, 5) is 0.469. The number of unbranched alkanes of at least 4 members (excludes halogenated alkanes) is 1. The number of rotatable bonds is 8. The van der Waals surface area contributed by atoms with Crippen molar-refractivity contribution >= 4 is 21.4 Å². The molecule has 7 heteroatoms. The number of benzene rings is 2. The Kier molecular flexibility index (Phi) is 6.52. The summed E-state index contributed by atoms with van der Waals surface area (Å²) in [5, 5.41) is 8.03. The fourth-order valence-electron chi connectivity index (χ4n) is 3.35. The van der Waals surface area contributed by atoms with E-state index in [0.29, 0.717) is 11.6 Å². The normalized spacial score (nSPS) is 12.8. The van der Waals surface area contributed by atoms with E-state index in [0.717, 1.165) is 30.4 Å². The van der Waals surface area contributed by atoms with E-state index < -0.39 is 9.84 Å². The Hall–Kier alpha value is -2.18. The number of hydrogen-bond donors (Lipinski definition) is 0. The fourth-order valence-corrected chi connectivity index (χ4v) is 5.52. The highest BCUT2D eigenvalue weighted by atomic mass is 35.5. The molecule has 3 rings (SSSR count). The molecule has 28 heavy (non-hydrogen) atoms. The molecular weight excluding hydrogens is 394 g/mol. The Balaban J connectivity index is 2.15. The van der Waals surface area contributed by atoms with Gasteiger partial charge in [0.1, 0.15) is 12.7 Å². The van der Waals surface area contributed by atoms with E-state index in [1.807, 2.05) is 23.6 Å². The molecule has 0 aliphatic carbocycles. The monoisotopic (exact) mass is 417 g/mol. The molecule has 5 nitrogen and oxygen atoms in total. The van der Waals surface area contributed by atoms with Crippen LogP contribution in [-0.2, 0) is 16.4 Å². The molecule has 1 aromatic heterocycles. The van der Waals surface area contributed by atoms with Gasteiger partial charge in [-0.25, -0.2) is 8.42 Å². The molecule has 0 radical (unpaired) electrons. The number of hydrogen-bond acceptors (Lipinski definition) is 4. The first-order valence-corrected chi connectivity index (χ1v) is 11.2. The predicted octanol–water partition coefficient (Wildman–Crippen LogP) is 5.05. The van der Waals surface area contributed by atoms with Gasteiger partial charge in [-0.2, -0.15) is 0 Å². The molecule has 1 atom stereocenters. The summed E-state index contributed by atoms with van der Waals surface area (Å²) in [7, 11) is -3.74. The Morgan fingerprint density at radius 1 is 1.07 bits per heavy atom. The van der Waals surface area contributed by atoms with Crippen molar-refractivity contribution in [1.29, 1.82) is 0 Å². The molecule has 0 saturated heterocycles. The van der Waals surface area contributed by atoms with Gasteiger partial charge in [0.25, 0.3) is 0 Å². The predicted molar refractivity (Wildman–Crippen MR) is 110 cm³/mol. The van der Waals surface area contributed by atoms with Crippen molar-refractivity contribution in [2.45, 2.75) is 55.4 Å². The maximum absolute atomic E-state index is 13.5. The minimum atomic E-state index is -3.74. The van der Waals surface area contributed by atoms with E-state index in [4.69, 9.17) is 11.6 Å². The second-order valence-corrected chi connectivity index (χ2v) is 9.19. The van der Waals surface area contributed by atoms with Gasteiger partial charge < -0.3 is 4.57 Å². The molecule has 0 aliphatic rings. The third-order valence-electron chi connectivity index (χ3n) is 4.89. The van der Waals surface area contributed by atoms with Gasteiger partial charge >= 0.3 is 0 Å². The van der Waals surface area contributed by atoms with Crippen LogP contribution < -0.4 is 0 Å². The largest absolute Gasteiger partial charge is 0.320 e. The first-order valence-electron chi connectivity index (χ1n) is 9.36. The van der Waals surface area contributed by atoms with Crippen molar-refractivity contribution in [3.05, 3.63) is 71.3 Å². The smallest absolute Gasteiger partial charge is 0.208 e. The zero-order valence-electron chi connectivity index (χ0n) is 16.0. The quantitative estimate of drug-likeness (QED) is 0.514. The van der Waals surface area contributed by atoms with Gasteiger partial charge in [-0.15, -0.1) is 10.2 Å². The summed E-state index contributed by atoms with van der Waals surface area (Å²) >= 11 is 6.58. The first-order chi connectivity index (χ1) is 13.4. The summed E-state index contributed by atoms with van der Waals surface area (Å²) in [6.07, 6.45) is 6.17. The lowest BCUT2D eigenvalue weighted by atomic mass is 9.92. The van der Waals surface area contributed by atoms with Gasteiger partial charge in [0.2, 0.25) is 9.84 Å². The van der Waals surface area contributed by atoms with Gasteiger partial charge in [-0.05, 0) is 36.6 Å². The van der Waals surface area contributed by atoms with E-state index >= 15 is 0 Å². The summed E-state index contributed by atoms with van der Waals surface area (Å²) in [5.74, 6) is -0.0115. The molecule has 0 aliphatic heterocycles. The molecule has 2 aromatic carbocycles. The molecule has 1 unspecified atom stereocenters. The summed E-state index contributed by atoms with van der Waals surface area (Å²) < 4.78 is 28.9. The molecule has 0 spiro atoms. The maximum Gasteiger partial charge on any atom is 0.208 e. The molecule has 0 bridgehead atoms. The SMILES string of the molecule is CCCCC(Cn1cnnc1)c1ccc(C)c(Cl)c1S(=O)(=O)c1ccccc1. The second-order valence-electron chi connectivity index (χ2n) is 6.93. The standard InChI is InChI=1S/C21H24ClN3O2S/c1-3-4-8-17(13-25-14-23-24-15-25)19-12-11-16(2)20(22)21(19)28(26,27)18-9-6-5-7-10-18/h5-7,9-12,14-15,17H,3-4,8,13H2,1-2H3. The van der Waals surface area contributed by atoms with Gasteiger partial charge in [0.05, 0.1) is 14.8 Å². The van der Waals surface area contributed by atoms with Crippen molar-refractivity contribution in [1.82, 2.24) is 14.8 Å². The average Bonchev–Trinajstić information content (AvgIpc) is 3.21. The van der Waals surface area contributed by atoms with Crippen LogP contribution in [0.3, 0.4) is 0 Å². The van der Waals surface area contributed by atoms with Crippen molar-refractivity contribution < 1.29 is 8.42 Å². The van der Waals surface area contributed by atoms with Crippen LogP contribution in [0.5, 0.6) is 0 Å². The average molecular weight is 418 g/mol. The van der Waals surface area contributed by atoms with E-state index in [9.17, 15) is 8.42 Å². The minimum absolute atomic E-state index is 0.0115. The van der Waals surface area contributed by atoms with Crippen LogP contribution in [0.4, 0.5) is 0 Å². The second kappa shape index (κ2) is 8.88. The van der Waals surface area contributed by atoms with Crippen molar-refractivity contribution in [2.75, 3.05) is 0 Å². The summed E-state index contributed by atoms with van der Waals surface area (Å²) in [6, 6.07) is 12.3. The Morgan fingerprint density at radius 3 is 2.39 bits per heavy atom. The van der Waals surface area contributed by atoms with E-state index in [1.54, 1.807) is 43.0 Å². The third-order valence-corrected chi connectivity index (χ3v) is 7.36. The zero-order chi connectivity index (χ0) is 20.1. The highest BCUT2D eigenvalue weighted by Crippen LogP contribution is 2.38. The zero-order valence-corrected chi connectivity index (χ0v) is 17.6. The van der Waals surface area contributed by atoms with E-state index in [1.165, 1.54) is 0 Å². The Morgan fingerprint density at radius 2 is 1.75 bits per heavy atom. The number of aryl methyl sites for hydroxylation is 1. The van der Waals surface area contributed by atoms with Gasteiger partial charge in [0, 0.05) is 12.5 Å². The number of nitrogens with zero attached hydrogens (tertiary/aromatic N) is 3. The third kappa shape index (κ3) is 4.28. The topological polar surface area (TPSA) is 64.8 Å². The number of halogens is 1.